The smallest absolute Gasteiger partial charge is 0.154 e. The van der Waals surface area contributed by atoms with Crippen LogP contribution in [-0.2, 0) is 0 Å². The molecule has 18 heavy (non-hydrogen) atoms. The number of benzene rings is 1. The second kappa shape index (κ2) is 6.16. The van der Waals surface area contributed by atoms with Gasteiger partial charge >= 0.3 is 0 Å². The van der Waals surface area contributed by atoms with Crippen LogP contribution in [0.1, 0.15) is 0 Å². The third-order valence-corrected chi connectivity index (χ3v) is 2.70. The lowest BCUT2D eigenvalue weighted by atomic mass is 10.2. The van der Waals surface area contributed by atoms with Crippen LogP contribution in [0, 0.1) is 5.41 Å². The molecule has 0 amide bonds. The summed E-state index contributed by atoms with van der Waals surface area (Å²) in [6.45, 7) is 0. The summed E-state index contributed by atoms with van der Waals surface area (Å²) in [6, 6.07) is 7.22. The van der Waals surface area contributed by atoms with Crippen molar-refractivity contribution in [1.82, 2.24) is 0 Å². The summed E-state index contributed by atoms with van der Waals surface area (Å²) in [5, 5.41) is 8.70. The van der Waals surface area contributed by atoms with Crippen molar-refractivity contribution in [2.24, 2.45) is 15.7 Å². The van der Waals surface area contributed by atoms with Crippen molar-refractivity contribution in [2.45, 2.75) is 0 Å². The monoisotopic (exact) mass is 265 g/mol. The van der Waals surface area contributed by atoms with E-state index in [1.54, 1.807) is 38.2 Å². The Hall–Kier alpha value is -1.88. The summed E-state index contributed by atoms with van der Waals surface area (Å²) < 4.78 is 0. The Labute approximate surface area is 112 Å². The summed E-state index contributed by atoms with van der Waals surface area (Å²) >= 11 is 5.92. The van der Waals surface area contributed by atoms with E-state index in [4.69, 9.17) is 22.7 Å². The number of aliphatic imine (C=N–C) groups is 2. The van der Waals surface area contributed by atoms with Crippen LogP contribution in [0.5, 0.6) is 0 Å². The van der Waals surface area contributed by atoms with Crippen molar-refractivity contribution in [3.8, 4) is 0 Å². The summed E-state index contributed by atoms with van der Waals surface area (Å²) in [4.78, 5) is 9.48. The summed E-state index contributed by atoms with van der Waals surface area (Å²) in [6.07, 6.45) is 0. The molecule has 0 saturated heterocycles. The van der Waals surface area contributed by atoms with E-state index in [1.807, 2.05) is 12.1 Å². The molecule has 3 N–H and O–H groups in total. The fraction of sp³-hybridized carbons (Fsp3) is 0.250. The standard InChI is InChI=1S/C12H16ClN5/c1-16-10(11(14)17-2)12(15)18(3)9-6-4-5-8(13)7-9/h4-7,15H,1-3H3,(H2,14,17)/b15-12?,16-10+. The minimum Gasteiger partial charge on any atom is -0.382 e. The van der Waals surface area contributed by atoms with Crippen molar-refractivity contribution in [2.75, 3.05) is 26.0 Å². The fourth-order valence-electron chi connectivity index (χ4n) is 1.42. The topological polar surface area (TPSA) is 77.8 Å². The first-order valence-electron chi connectivity index (χ1n) is 5.29. The van der Waals surface area contributed by atoms with Crippen LogP contribution in [0.4, 0.5) is 5.69 Å². The molecular weight excluding hydrogens is 250 g/mol. The number of nitrogens with one attached hydrogen (secondary N) is 1. The van der Waals surface area contributed by atoms with Crippen LogP contribution >= 0.6 is 11.6 Å². The Morgan fingerprint density at radius 3 is 2.50 bits per heavy atom. The second-order valence-corrected chi connectivity index (χ2v) is 4.00. The van der Waals surface area contributed by atoms with Crippen LogP contribution in [0.3, 0.4) is 0 Å². The molecule has 0 radical (unpaired) electrons. The van der Waals surface area contributed by atoms with E-state index in [9.17, 15) is 0 Å². The van der Waals surface area contributed by atoms with Gasteiger partial charge in [0.2, 0.25) is 0 Å². The number of rotatable bonds is 3. The van der Waals surface area contributed by atoms with E-state index in [0.717, 1.165) is 5.69 Å². The number of amidine groups is 2. The summed E-state index contributed by atoms with van der Waals surface area (Å²) in [5.74, 6) is 0.402. The maximum Gasteiger partial charge on any atom is 0.154 e. The highest BCUT2D eigenvalue weighted by atomic mass is 35.5. The van der Waals surface area contributed by atoms with Crippen LogP contribution in [0.2, 0.25) is 5.02 Å². The van der Waals surface area contributed by atoms with E-state index in [2.05, 4.69) is 9.98 Å². The minimum atomic E-state index is 0.169. The molecule has 0 aliphatic carbocycles. The molecule has 0 saturated carbocycles. The van der Waals surface area contributed by atoms with E-state index < -0.39 is 0 Å². The van der Waals surface area contributed by atoms with Crippen molar-refractivity contribution in [1.29, 1.82) is 5.41 Å². The van der Waals surface area contributed by atoms with Gasteiger partial charge in [0.05, 0.1) is 0 Å². The van der Waals surface area contributed by atoms with Crippen LogP contribution in [-0.4, -0.2) is 38.5 Å². The van der Waals surface area contributed by atoms with E-state index in [-0.39, 0.29) is 11.7 Å². The van der Waals surface area contributed by atoms with E-state index >= 15 is 0 Å². The first-order valence-corrected chi connectivity index (χ1v) is 5.66. The zero-order valence-electron chi connectivity index (χ0n) is 10.6. The SMILES string of the molecule is C/N=C(C(=N)N(C)c1cccc(Cl)c1)\C(N)=N/C. The van der Waals surface area contributed by atoms with Crippen LogP contribution < -0.4 is 10.6 Å². The average molecular weight is 266 g/mol. The first kappa shape index (κ1) is 14.2. The van der Waals surface area contributed by atoms with Crippen LogP contribution in [0.15, 0.2) is 34.3 Å². The molecule has 96 valence electrons. The molecule has 5 nitrogen and oxygen atoms in total. The van der Waals surface area contributed by atoms with Gasteiger partial charge in [-0.15, -0.1) is 0 Å². The summed E-state index contributed by atoms with van der Waals surface area (Å²) in [7, 11) is 4.89. The van der Waals surface area contributed by atoms with Gasteiger partial charge in [0.1, 0.15) is 11.5 Å². The van der Waals surface area contributed by atoms with Gasteiger partial charge in [-0.2, -0.15) is 0 Å². The molecule has 0 aliphatic heterocycles. The Morgan fingerprint density at radius 2 is 2.00 bits per heavy atom. The molecule has 1 aromatic rings. The molecule has 1 rings (SSSR count). The molecule has 0 fully saturated rings. The second-order valence-electron chi connectivity index (χ2n) is 3.57. The van der Waals surface area contributed by atoms with Crippen molar-refractivity contribution >= 4 is 34.7 Å². The highest BCUT2D eigenvalue weighted by molar-refractivity contribution is 6.69. The predicted octanol–water partition coefficient (Wildman–Crippen LogP) is 1.81. The summed E-state index contributed by atoms with van der Waals surface area (Å²) in [5.41, 5.74) is 6.84. The number of nitrogens with two attached hydrogens (primary N) is 1. The molecule has 6 heteroatoms. The molecule has 1 aromatic carbocycles. The average Bonchev–Trinajstić information content (AvgIpc) is 2.38. The molecule has 0 bridgehead atoms. The molecule has 0 aliphatic rings. The quantitative estimate of drug-likeness (QED) is 0.646. The molecule has 0 spiro atoms. The molecule has 0 unspecified atom stereocenters. The Kier molecular flexibility index (Phi) is 4.85. The zero-order chi connectivity index (χ0) is 13.7. The Bertz CT molecular complexity index is 507. The van der Waals surface area contributed by atoms with Gasteiger partial charge in [-0.25, -0.2) is 0 Å². The van der Waals surface area contributed by atoms with E-state index in [1.165, 1.54) is 0 Å². The molecular formula is C12H16ClN5. The lowest BCUT2D eigenvalue weighted by Gasteiger charge is -2.21. The van der Waals surface area contributed by atoms with Gasteiger partial charge in [-0.1, -0.05) is 17.7 Å². The Balaban J connectivity index is 3.04. The van der Waals surface area contributed by atoms with Crippen molar-refractivity contribution < 1.29 is 0 Å². The molecule has 0 aromatic heterocycles. The lowest BCUT2D eigenvalue weighted by Crippen LogP contribution is -2.40. The maximum atomic E-state index is 8.08. The number of hydrogen-bond acceptors (Lipinski definition) is 3. The van der Waals surface area contributed by atoms with Gasteiger partial charge in [0.25, 0.3) is 0 Å². The largest absolute Gasteiger partial charge is 0.382 e. The zero-order valence-corrected chi connectivity index (χ0v) is 11.4. The van der Waals surface area contributed by atoms with Crippen LogP contribution in [0.25, 0.3) is 0 Å². The maximum absolute atomic E-state index is 8.08. The molecule has 0 atom stereocenters. The van der Waals surface area contributed by atoms with Gasteiger partial charge in [-0.3, -0.25) is 15.4 Å². The lowest BCUT2D eigenvalue weighted by molar-refractivity contribution is 1.24. The Morgan fingerprint density at radius 1 is 1.33 bits per heavy atom. The number of halogens is 1. The van der Waals surface area contributed by atoms with Crippen molar-refractivity contribution in [3.05, 3.63) is 29.3 Å². The van der Waals surface area contributed by atoms with Gasteiger partial charge in [0.15, 0.2) is 5.84 Å². The van der Waals surface area contributed by atoms with E-state index in [0.29, 0.717) is 10.7 Å². The molecule has 0 heterocycles. The normalized spacial score (nSPS) is 12.4. The highest BCUT2D eigenvalue weighted by Gasteiger charge is 2.16. The third-order valence-electron chi connectivity index (χ3n) is 2.46. The predicted molar refractivity (Wildman–Crippen MR) is 78.5 cm³/mol. The van der Waals surface area contributed by atoms with Crippen molar-refractivity contribution in [3.63, 3.8) is 0 Å². The highest BCUT2D eigenvalue weighted by Crippen LogP contribution is 2.18. The minimum absolute atomic E-state index is 0.169. The van der Waals surface area contributed by atoms with Gasteiger partial charge < -0.3 is 10.6 Å². The first-order chi connectivity index (χ1) is 8.51. The number of nitrogens with zero attached hydrogens (tertiary/aromatic N) is 3. The number of hydrogen-bond donors (Lipinski definition) is 2. The fourth-order valence-corrected chi connectivity index (χ4v) is 1.60. The van der Waals surface area contributed by atoms with Gasteiger partial charge in [0, 0.05) is 31.9 Å². The third kappa shape index (κ3) is 3.07. The van der Waals surface area contributed by atoms with Gasteiger partial charge in [-0.05, 0) is 18.2 Å². The number of anilines is 1.